The van der Waals surface area contributed by atoms with E-state index < -0.39 is 11.9 Å². The van der Waals surface area contributed by atoms with Gasteiger partial charge in [-0.2, -0.15) is 0 Å². The lowest BCUT2D eigenvalue weighted by Crippen LogP contribution is -2.09. The van der Waals surface area contributed by atoms with E-state index in [4.69, 9.17) is 9.84 Å². The van der Waals surface area contributed by atoms with Crippen molar-refractivity contribution >= 4 is 17.3 Å². The fourth-order valence-electron chi connectivity index (χ4n) is 2.07. The summed E-state index contributed by atoms with van der Waals surface area (Å²) in [7, 11) is 1.66. The number of nitrogens with zero attached hydrogens (tertiary/aromatic N) is 1. The first-order valence-electron chi connectivity index (χ1n) is 5.42. The van der Waals surface area contributed by atoms with Crippen LogP contribution in [0.5, 0.6) is 0 Å². The third-order valence-electron chi connectivity index (χ3n) is 2.96. The van der Waals surface area contributed by atoms with E-state index in [1.807, 2.05) is 6.92 Å². The zero-order chi connectivity index (χ0) is 11.7. The molecule has 0 radical (unpaired) electrons. The third kappa shape index (κ3) is 1.85. The van der Waals surface area contributed by atoms with Crippen molar-refractivity contribution in [3.05, 3.63) is 15.6 Å². The number of rotatable bonds is 4. The van der Waals surface area contributed by atoms with Gasteiger partial charge in [-0.05, 0) is 19.3 Å². The molecule has 0 aromatic carbocycles. The Bertz CT molecular complexity index is 398. The molecule has 0 saturated heterocycles. The molecule has 1 aliphatic rings. The number of aromatic nitrogens is 1. The molecule has 0 amide bonds. The second kappa shape index (κ2) is 4.51. The van der Waals surface area contributed by atoms with Gasteiger partial charge in [0.25, 0.3) is 0 Å². The molecule has 0 bridgehead atoms. The van der Waals surface area contributed by atoms with Crippen LogP contribution in [0.25, 0.3) is 0 Å². The zero-order valence-corrected chi connectivity index (χ0v) is 10.2. The molecule has 5 heteroatoms. The Kier molecular flexibility index (Phi) is 3.25. The maximum absolute atomic E-state index is 11.0. The minimum Gasteiger partial charge on any atom is -0.481 e. The first kappa shape index (κ1) is 11.5. The van der Waals surface area contributed by atoms with Gasteiger partial charge < -0.3 is 9.84 Å². The lowest BCUT2D eigenvalue weighted by Gasteiger charge is -2.09. The molecule has 16 heavy (non-hydrogen) atoms. The van der Waals surface area contributed by atoms with Gasteiger partial charge in [-0.1, -0.05) is 6.92 Å². The maximum Gasteiger partial charge on any atom is 0.312 e. The molecule has 1 aliphatic carbocycles. The summed E-state index contributed by atoms with van der Waals surface area (Å²) >= 11 is 1.60. The van der Waals surface area contributed by atoms with Crippen molar-refractivity contribution in [3.8, 4) is 0 Å². The summed E-state index contributed by atoms with van der Waals surface area (Å²) in [5, 5.41) is 9.97. The van der Waals surface area contributed by atoms with Crippen LogP contribution in [0.1, 0.15) is 47.4 Å². The summed E-state index contributed by atoms with van der Waals surface area (Å²) in [5.41, 5.74) is 0.767. The minimum absolute atomic E-state index is 0.00467. The standard InChI is InChI=1S/C11H15NO3S/c1-3-7(15-2)10-12-9-6(11(13)14)4-5-8(9)16-10/h6-7H,3-5H2,1-2H3,(H,13,14). The summed E-state index contributed by atoms with van der Waals surface area (Å²) in [4.78, 5) is 16.6. The van der Waals surface area contributed by atoms with Crippen LogP contribution in [0, 0.1) is 0 Å². The van der Waals surface area contributed by atoms with Gasteiger partial charge in [-0.25, -0.2) is 4.98 Å². The molecule has 2 atom stereocenters. The normalized spacial score (nSPS) is 20.8. The number of aryl methyl sites for hydroxylation is 1. The summed E-state index contributed by atoms with van der Waals surface area (Å²) in [6.07, 6.45) is 2.39. The van der Waals surface area contributed by atoms with Crippen molar-refractivity contribution in [2.24, 2.45) is 0 Å². The van der Waals surface area contributed by atoms with E-state index in [1.165, 1.54) is 0 Å². The van der Waals surface area contributed by atoms with Gasteiger partial charge in [0.05, 0.1) is 5.69 Å². The summed E-state index contributed by atoms with van der Waals surface area (Å²) in [5.74, 6) is -1.17. The molecule has 0 spiro atoms. The van der Waals surface area contributed by atoms with Crippen LogP contribution in [0.3, 0.4) is 0 Å². The number of ether oxygens (including phenoxy) is 1. The highest BCUT2D eigenvalue weighted by atomic mass is 32.1. The molecule has 2 rings (SSSR count). The monoisotopic (exact) mass is 241 g/mol. The third-order valence-corrected chi connectivity index (χ3v) is 4.19. The summed E-state index contributed by atoms with van der Waals surface area (Å²) in [6, 6.07) is 0. The summed E-state index contributed by atoms with van der Waals surface area (Å²) in [6.45, 7) is 2.04. The topological polar surface area (TPSA) is 59.4 Å². The number of methoxy groups -OCH3 is 1. The van der Waals surface area contributed by atoms with E-state index in [0.717, 1.165) is 28.4 Å². The first-order chi connectivity index (χ1) is 7.67. The SMILES string of the molecule is CCC(OC)c1nc2c(s1)CCC2C(=O)O. The lowest BCUT2D eigenvalue weighted by atomic mass is 10.1. The average Bonchev–Trinajstić information content (AvgIpc) is 2.78. The van der Waals surface area contributed by atoms with E-state index in [0.29, 0.717) is 6.42 Å². The number of carboxylic acid groups (broad SMARTS) is 1. The van der Waals surface area contributed by atoms with Crippen molar-refractivity contribution in [2.45, 2.75) is 38.2 Å². The number of hydrogen-bond donors (Lipinski definition) is 1. The Morgan fingerprint density at radius 3 is 3.06 bits per heavy atom. The molecule has 2 unspecified atom stereocenters. The van der Waals surface area contributed by atoms with E-state index in [-0.39, 0.29) is 6.10 Å². The van der Waals surface area contributed by atoms with Gasteiger partial charge >= 0.3 is 5.97 Å². The van der Waals surface area contributed by atoms with Crippen molar-refractivity contribution in [1.29, 1.82) is 0 Å². The molecule has 4 nitrogen and oxygen atoms in total. The molecule has 1 heterocycles. The molecule has 0 aliphatic heterocycles. The molecule has 1 N–H and O–H groups in total. The Balaban J connectivity index is 2.28. The van der Waals surface area contributed by atoms with Crippen LogP contribution < -0.4 is 0 Å². The van der Waals surface area contributed by atoms with Crippen LogP contribution in [0.4, 0.5) is 0 Å². The van der Waals surface area contributed by atoms with Gasteiger partial charge in [0.2, 0.25) is 0 Å². The number of carbonyl (C=O) groups is 1. The lowest BCUT2D eigenvalue weighted by molar-refractivity contribution is -0.138. The summed E-state index contributed by atoms with van der Waals surface area (Å²) < 4.78 is 5.32. The highest BCUT2D eigenvalue weighted by molar-refractivity contribution is 7.11. The molecule has 88 valence electrons. The number of carboxylic acids is 1. The molecule has 0 saturated carbocycles. The van der Waals surface area contributed by atoms with Crippen LogP contribution in [-0.4, -0.2) is 23.2 Å². The predicted molar refractivity (Wildman–Crippen MR) is 60.9 cm³/mol. The number of aliphatic carboxylic acids is 1. The Morgan fingerprint density at radius 1 is 1.75 bits per heavy atom. The Morgan fingerprint density at radius 2 is 2.50 bits per heavy atom. The minimum atomic E-state index is -0.763. The highest BCUT2D eigenvalue weighted by Gasteiger charge is 2.33. The van der Waals surface area contributed by atoms with E-state index in [1.54, 1.807) is 18.4 Å². The average molecular weight is 241 g/mol. The number of hydrogen-bond acceptors (Lipinski definition) is 4. The fourth-order valence-corrected chi connectivity index (χ4v) is 3.37. The van der Waals surface area contributed by atoms with Gasteiger partial charge in [-0.3, -0.25) is 4.79 Å². The second-order valence-electron chi connectivity index (χ2n) is 3.92. The van der Waals surface area contributed by atoms with Crippen molar-refractivity contribution in [3.63, 3.8) is 0 Å². The van der Waals surface area contributed by atoms with Gasteiger partial charge in [0.15, 0.2) is 0 Å². The quantitative estimate of drug-likeness (QED) is 0.879. The molecular weight excluding hydrogens is 226 g/mol. The van der Waals surface area contributed by atoms with Gasteiger partial charge in [0, 0.05) is 12.0 Å². The van der Waals surface area contributed by atoms with E-state index in [2.05, 4.69) is 4.98 Å². The van der Waals surface area contributed by atoms with Gasteiger partial charge in [-0.15, -0.1) is 11.3 Å². The van der Waals surface area contributed by atoms with Crippen LogP contribution in [0.15, 0.2) is 0 Å². The number of thiazole rings is 1. The van der Waals surface area contributed by atoms with E-state index >= 15 is 0 Å². The highest BCUT2D eigenvalue weighted by Crippen LogP contribution is 2.39. The largest absolute Gasteiger partial charge is 0.481 e. The van der Waals surface area contributed by atoms with E-state index in [9.17, 15) is 4.79 Å². The molecular formula is C11H15NO3S. The predicted octanol–water partition coefficient (Wildman–Crippen LogP) is 2.35. The Hall–Kier alpha value is -0.940. The molecule has 0 fully saturated rings. The van der Waals surface area contributed by atoms with Crippen LogP contribution >= 0.6 is 11.3 Å². The molecule has 1 aromatic heterocycles. The van der Waals surface area contributed by atoms with Crippen molar-refractivity contribution in [2.75, 3.05) is 7.11 Å². The molecule has 1 aromatic rings. The Labute approximate surface area is 98.3 Å². The maximum atomic E-state index is 11.0. The fraction of sp³-hybridized carbons (Fsp3) is 0.636. The zero-order valence-electron chi connectivity index (χ0n) is 9.40. The van der Waals surface area contributed by atoms with Crippen LogP contribution in [0.2, 0.25) is 0 Å². The number of fused-ring (bicyclic) bond motifs is 1. The van der Waals surface area contributed by atoms with Crippen molar-refractivity contribution in [1.82, 2.24) is 4.98 Å². The first-order valence-corrected chi connectivity index (χ1v) is 6.24. The smallest absolute Gasteiger partial charge is 0.312 e. The van der Waals surface area contributed by atoms with Gasteiger partial charge in [0.1, 0.15) is 17.0 Å². The second-order valence-corrected chi connectivity index (χ2v) is 5.04. The van der Waals surface area contributed by atoms with Crippen LogP contribution in [-0.2, 0) is 16.0 Å². The van der Waals surface area contributed by atoms with Crippen molar-refractivity contribution < 1.29 is 14.6 Å².